The van der Waals surface area contributed by atoms with E-state index in [1.807, 2.05) is 79.1 Å². The molecule has 1 aromatic heterocycles. The van der Waals surface area contributed by atoms with E-state index in [1.54, 1.807) is 12.1 Å². The molecule has 0 bridgehead atoms. The third-order valence-electron chi connectivity index (χ3n) is 6.64. The van der Waals surface area contributed by atoms with Crippen molar-refractivity contribution in [2.24, 2.45) is 0 Å². The van der Waals surface area contributed by atoms with E-state index in [4.69, 9.17) is 5.11 Å². The summed E-state index contributed by atoms with van der Waals surface area (Å²) in [7, 11) is 0. The van der Waals surface area contributed by atoms with Crippen LogP contribution in [0, 0.1) is 5.82 Å². The number of aliphatic carboxylic acids is 1. The van der Waals surface area contributed by atoms with E-state index in [9.17, 15) is 19.1 Å². The van der Waals surface area contributed by atoms with Gasteiger partial charge in [0.2, 0.25) is 0 Å². The fourth-order valence-corrected chi connectivity index (χ4v) is 4.93. The zero-order valence-corrected chi connectivity index (χ0v) is 22.5. The smallest absolute Gasteiger partial charge is 0.327 e. The lowest BCUT2D eigenvalue weighted by Crippen LogP contribution is -2.17. The zero-order valence-electron chi connectivity index (χ0n) is 22.5. The molecule has 1 amide bonds. The molecule has 0 aliphatic carbocycles. The molecule has 7 heteroatoms. The third-order valence-corrected chi connectivity index (χ3v) is 6.64. The van der Waals surface area contributed by atoms with E-state index in [0.717, 1.165) is 34.2 Å². The number of amides is 1. The van der Waals surface area contributed by atoms with Crippen molar-refractivity contribution in [1.29, 1.82) is 0 Å². The van der Waals surface area contributed by atoms with Crippen LogP contribution in [0.25, 0.3) is 22.4 Å². The molecule has 0 aliphatic rings. The summed E-state index contributed by atoms with van der Waals surface area (Å²) in [5.74, 6) is -1.77. The topological polar surface area (TPSA) is 91.6 Å². The quantitative estimate of drug-likeness (QED) is 0.177. The van der Waals surface area contributed by atoms with Crippen LogP contribution in [0.1, 0.15) is 48.7 Å². The molecule has 6 nitrogen and oxygen atoms in total. The number of hydrogen-bond acceptors (Lipinski definition) is 3. The van der Waals surface area contributed by atoms with Gasteiger partial charge in [-0.05, 0) is 66.3 Å². The summed E-state index contributed by atoms with van der Waals surface area (Å²) in [6.07, 6.45) is 2.16. The lowest BCUT2D eigenvalue weighted by molar-refractivity contribution is -0.131. The Morgan fingerprint density at radius 1 is 0.925 bits per heavy atom. The van der Waals surface area contributed by atoms with Crippen LogP contribution in [-0.2, 0) is 11.3 Å². The molecule has 3 aromatic carbocycles. The minimum absolute atomic E-state index is 0.0720. The summed E-state index contributed by atoms with van der Waals surface area (Å²) in [5.41, 5.74) is 5.03. The van der Waals surface area contributed by atoms with Crippen LogP contribution in [0.15, 0.2) is 97.1 Å². The van der Waals surface area contributed by atoms with Crippen LogP contribution >= 0.6 is 0 Å². The Morgan fingerprint density at radius 3 is 2.15 bits per heavy atom. The highest BCUT2D eigenvalue weighted by molar-refractivity contribution is 6.12. The Balaban J connectivity index is 1.92. The number of carboxylic acids is 1. The van der Waals surface area contributed by atoms with Crippen molar-refractivity contribution in [1.82, 2.24) is 4.57 Å². The SMILES string of the molecule is CC(C)c1c(C(=O)Nc2ccccc2)c(-c2ccccc2)c(-c2ccc(F)cc2)n1CC[C@@H](O)C/C=C/C(=O)O. The molecule has 206 valence electrons. The monoisotopic (exact) mass is 540 g/mol. The third kappa shape index (κ3) is 6.74. The van der Waals surface area contributed by atoms with Crippen LogP contribution in [0.5, 0.6) is 0 Å². The van der Waals surface area contributed by atoms with Crippen molar-refractivity contribution in [3.63, 3.8) is 0 Å². The first-order chi connectivity index (χ1) is 19.3. The van der Waals surface area contributed by atoms with Gasteiger partial charge in [-0.3, -0.25) is 4.79 Å². The number of carbonyl (C=O) groups is 2. The van der Waals surface area contributed by atoms with Gasteiger partial charge in [-0.25, -0.2) is 9.18 Å². The number of para-hydroxylation sites is 1. The molecule has 0 fully saturated rings. The molecule has 4 rings (SSSR count). The average molecular weight is 541 g/mol. The number of hydrogen-bond donors (Lipinski definition) is 3. The summed E-state index contributed by atoms with van der Waals surface area (Å²) in [5, 5.41) is 22.6. The normalized spacial score (nSPS) is 12.1. The van der Waals surface area contributed by atoms with Crippen molar-refractivity contribution >= 4 is 17.6 Å². The van der Waals surface area contributed by atoms with Crippen molar-refractivity contribution in [2.45, 2.75) is 45.3 Å². The van der Waals surface area contributed by atoms with Gasteiger partial charge in [0.25, 0.3) is 5.91 Å². The number of rotatable bonds is 11. The molecule has 0 unspecified atom stereocenters. The maximum atomic E-state index is 14.0. The number of halogens is 1. The number of nitrogens with zero attached hydrogens (tertiary/aromatic N) is 1. The first kappa shape index (κ1) is 28.5. The van der Waals surface area contributed by atoms with Gasteiger partial charge in [0.05, 0.1) is 17.4 Å². The molecule has 1 heterocycles. The molecule has 40 heavy (non-hydrogen) atoms. The summed E-state index contributed by atoms with van der Waals surface area (Å²) in [4.78, 5) is 24.9. The van der Waals surface area contributed by atoms with Crippen LogP contribution in [0.3, 0.4) is 0 Å². The summed E-state index contributed by atoms with van der Waals surface area (Å²) >= 11 is 0. The molecular formula is C33H33FN2O4. The van der Waals surface area contributed by atoms with Gasteiger partial charge in [0.1, 0.15) is 5.82 Å². The zero-order chi connectivity index (χ0) is 28.6. The minimum Gasteiger partial charge on any atom is -0.478 e. The maximum absolute atomic E-state index is 14.0. The lowest BCUT2D eigenvalue weighted by atomic mass is 9.94. The number of benzene rings is 3. The summed E-state index contributed by atoms with van der Waals surface area (Å²) < 4.78 is 16.0. The van der Waals surface area contributed by atoms with Crippen molar-refractivity contribution in [3.8, 4) is 22.4 Å². The molecule has 0 aliphatic heterocycles. The van der Waals surface area contributed by atoms with Crippen molar-refractivity contribution in [2.75, 3.05) is 5.32 Å². The number of carboxylic acid groups (broad SMARTS) is 1. The minimum atomic E-state index is -1.07. The van der Waals surface area contributed by atoms with E-state index in [0.29, 0.717) is 24.2 Å². The summed E-state index contributed by atoms with van der Waals surface area (Å²) in [6.45, 7) is 4.39. The van der Waals surface area contributed by atoms with Gasteiger partial charge in [-0.15, -0.1) is 0 Å². The molecule has 4 aromatic rings. The highest BCUT2D eigenvalue weighted by Gasteiger charge is 2.30. The molecule has 1 atom stereocenters. The second kappa shape index (κ2) is 13.0. The van der Waals surface area contributed by atoms with Gasteiger partial charge in [0, 0.05) is 29.6 Å². The number of nitrogens with one attached hydrogen (secondary N) is 1. The first-order valence-electron chi connectivity index (χ1n) is 13.3. The van der Waals surface area contributed by atoms with E-state index in [2.05, 4.69) is 5.32 Å². The number of aliphatic hydroxyl groups is 1. The summed E-state index contributed by atoms with van der Waals surface area (Å²) in [6, 6.07) is 25.0. The Hall–Kier alpha value is -4.49. The number of aromatic nitrogens is 1. The Labute approximate surface area is 233 Å². The highest BCUT2D eigenvalue weighted by atomic mass is 19.1. The molecule has 3 N–H and O–H groups in total. The Kier molecular flexibility index (Phi) is 9.30. The number of carbonyl (C=O) groups excluding carboxylic acids is 1. The van der Waals surface area contributed by atoms with E-state index >= 15 is 0 Å². The van der Waals surface area contributed by atoms with Gasteiger partial charge < -0.3 is 20.1 Å². The number of aliphatic hydroxyl groups excluding tert-OH is 1. The fraction of sp³-hybridized carbons (Fsp3) is 0.212. The van der Waals surface area contributed by atoms with Crippen LogP contribution < -0.4 is 5.32 Å². The Morgan fingerprint density at radius 2 is 1.55 bits per heavy atom. The largest absolute Gasteiger partial charge is 0.478 e. The molecule has 0 radical (unpaired) electrons. The molecule has 0 spiro atoms. The van der Waals surface area contributed by atoms with Crippen LogP contribution in [0.2, 0.25) is 0 Å². The van der Waals surface area contributed by atoms with E-state index in [-0.39, 0.29) is 24.1 Å². The van der Waals surface area contributed by atoms with Crippen molar-refractivity contribution in [3.05, 3.63) is 114 Å². The van der Waals surface area contributed by atoms with E-state index in [1.165, 1.54) is 18.2 Å². The van der Waals surface area contributed by atoms with Gasteiger partial charge in [-0.2, -0.15) is 0 Å². The predicted octanol–water partition coefficient (Wildman–Crippen LogP) is 7.12. The molecular weight excluding hydrogens is 507 g/mol. The molecule has 0 saturated heterocycles. The standard InChI is InChI=1S/C33H33FN2O4/c1-22(2)31-30(33(40)35-26-12-7-4-8-13-26)29(23-10-5-3-6-11-23)32(24-16-18-25(34)19-17-24)36(31)21-20-27(37)14-9-15-28(38)39/h3-13,15-19,22,27,37H,14,20-21H2,1-2H3,(H,35,40)(H,38,39)/b15-9+/t27-/m0/s1. The van der Waals surface area contributed by atoms with Crippen LogP contribution in [-0.4, -0.2) is 32.8 Å². The lowest BCUT2D eigenvalue weighted by Gasteiger charge is -2.19. The average Bonchev–Trinajstić information content (AvgIpc) is 3.29. The van der Waals surface area contributed by atoms with Gasteiger partial charge in [-0.1, -0.05) is 68.5 Å². The first-order valence-corrected chi connectivity index (χ1v) is 13.3. The Bertz CT molecular complexity index is 1480. The van der Waals surface area contributed by atoms with Gasteiger partial charge in [0.15, 0.2) is 0 Å². The molecule has 0 saturated carbocycles. The number of anilines is 1. The van der Waals surface area contributed by atoms with Crippen molar-refractivity contribution < 1.29 is 24.2 Å². The maximum Gasteiger partial charge on any atom is 0.327 e. The second-order valence-electron chi connectivity index (χ2n) is 9.90. The predicted molar refractivity (Wildman–Crippen MR) is 156 cm³/mol. The fourth-order valence-electron chi connectivity index (χ4n) is 4.93. The van der Waals surface area contributed by atoms with E-state index < -0.39 is 12.1 Å². The van der Waals surface area contributed by atoms with Crippen LogP contribution in [0.4, 0.5) is 10.1 Å². The van der Waals surface area contributed by atoms with Gasteiger partial charge >= 0.3 is 5.97 Å². The highest BCUT2D eigenvalue weighted by Crippen LogP contribution is 2.42. The second-order valence-corrected chi connectivity index (χ2v) is 9.90.